The highest BCUT2D eigenvalue weighted by Gasteiger charge is 2.64. The summed E-state index contributed by atoms with van der Waals surface area (Å²) in [6, 6.07) is 5.72. The lowest BCUT2D eigenvalue weighted by atomic mass is 10.1. The summed E-state index contributed by atoms with van der Waals surface area (Å²) in [6.45, 7) is 3.97. The summed E-state index contributed by atoms with van der Waals surface area (Å²) >= 11 is 0. The van der Waals surface area contributed by atoms with Gasteiger partial charge in [-0.3, -0.25) is 4.79 Å². The molecule has 0 spiro atoms. The van der Waals surface area contributed by atoms with E-state index in [0.717, 1.165) is 22.6 Å². The number of carboxylic acid groups (broad SMARTS) is 1. The summed E-state index contributed by atoms with van der Waals surface area (Å²) in [4.78, 5) is 16.0. The van der Waals surface area contributed by atoms with Crippen molar-refractivity contribution < 1.29 is 14.6 Å². The number of aryl methyl sites for hydroxylation is 1. The molecular formula is C15H18N2O3. The standard InChI is InChI=1S/C15H18N2O3/c1-15(2)11(12(15)14(18)19)13-16-9-7-8(20-4)5-6-10(9)17(13)3/h5-7,11-12H,1-4H3,(H,18,19). The predicted octanol–water partition coefficient (Wildman–Crippen LogP) is 2.41. The zero-order valence-corrected chi connectivity index (χ0v) is 12.0. The van der Waals surface area contributed by atoms with Gasteiger partial charge in [-0.1, -0.05) is 13.8 Å². The number of fused-ring (bicyclic) bond motifs is 1. The number of nitrogens with zero attached hydrogens (tertiary/aromatic N) is 2. The lowest BCUT2D eigenvalue weighted by Crippen LogP contribution is -2.03. The maximum Gasteiger partial charge on any atom is 0.307 e. The average Bonchev–Trinajstić information content (AvgIpc) is 2.82. The molecule has 2 unspecified atom stereocenters. The fourth-order valence-electron chi connectivity index (χ4n) is 3.18. The lowest BCUT2D eigenvalue weighted by Gasteiger charge is -2.03. The second-order valence-electron chi connectivity index (χ2n) is 6.00. The van der Waals surface area contributed by atoms with E-state index in [4.69, 9.17) is 4.74 Å². The van der Waals surface area contributed by atoms with Gasteiger partial charge in [0.2, 0.25) is 0 Å². The molecule has 1 aromatic heterocycles. The molecule has 1 saturated carbocycles. The fraction of sp³-hybridized carbons (Fsp3) is 0.467. The molecule has 20 heavy (non-hydrogen) atoms. The van der Waals surface area contributed by atoms with Crippen LogP contribution in [0.25, 0.3) is 11.0 Å². The first kappa shape index (κ1) is 13.0. The van der Waals surface area contributed by atoms with E-state index in [1.807, 2.05) is 43.7 Å². The van der Waals surface area contributed by atoms with Gasteiger partial charge in [-0.2, -0.15) is 0 Å². The Morgan fingerprint density at radius 2 is 2.15 bits per heavy atom. The van der Waals surface area contributed by atoms with Crippen LogP contribution >= 0.6 is 0 Å². The second kappa shape index (κ2) is 3.98. The van der Waals surface area contributed by atoms with E-state index in [1.165, 1.54) is 0 Å². The number of carbonyl (C=O) groups is 1. The molecule has 106 valence electrons. The number of ether oxygens (including phenoxy) is 1. The molecule has 0 aliphatic heterocycles. The first-order chi connectivity index (χ1) is 9.37. The molecule has 1 aromatic carbocycles. The van der Waals surface area contributed by atoms with Crippen LogP contribution < -0.4 is 4.74 Å². The number of rotatable bonds is 3. The summed E-state index contributed by atoms with van der Waals surface area (Å²) in [7, 11) is 3.56. The summed E-state index contributed by atoms with van der Waals surface area (Å²) < 4.78 is 7.19. The van der Waals surface area contributed by atoms with Crippen molar-refractivity contribution in [2.45, 2.75) is 19.8 Å². The van der Waals surface area contributed by atoms with E-state index < -0.39 is 5.97 Å². The van der Waals surface area contributed by atoms with Gasteiger partial charge < -0.3 is 14.4 Å². The van der Waals surface area contributed by atoms with Gasteiger partial charge in [-0.15, -0.1) is 0 Å². The van der Waals surface area contributed by atoms with E-state index >= 15 is 0 Å². The molecule has 0 radical (unpaired) electrons. The largest absolute Gasteiger partial charge is 0.497 e. The molecule has 0 saturated heterocycles. The smallest absolute Gasteiger partial charge is 0.307 e. The minimum atomic E-state index is -0.746. The minimum Gasteiger partial charge on any atom is -0.497 e. The fourth-order valence-corrected chi connectivity index (χ4v) is 3.18. The summed E-state index contributed by atoms with van der Waals surface area (Å²) in [5, 5.41) is 9.31. The first-order valence-electron chi connectivity index (χ1n) is 6.61. The Morgan fingerprint density at radius 1 is 1.45 bits per heavy atom. The highest BCUT2D eigenvalue weighted by Crippen LogP contribution is 2.64. The number of hydrogen-bond acceptors (Lipinski definition) is 3. The molecule has 1 fully saturated rings. The molecule has 3 rings (SSSR count). The van der Waals surface area contributed by atoms with Crippen molar-refractivity contribution in [2.75, 3.05) is 7.11 Å². The van der Waals surface area contributed by atoms with Gasteiger partial charge in [-0.25, -0.2) is 4.98 Å². The number of aliphatic carboxylic acids is 1. The van der Waals surface area contributed by atoms with Crippen molar-refractivity contribution in [1.82, 2.24) is 9.55 Å². The van der Waals surface area contributed by atoms with E-state index in [0.29, 0.717) is 0 Å². The molecule has 5 nitrogen and oxygen atoms in total. The third kappa shape index (κ3) is 1.62. The average molecular weight is 274 g/mol. The first-order valence-corrected chi connectivity index (χ1v) is 6.61. The Balaban J connectivity index is 2.10. The van der Waals surface area contributed by atoms with Gasteiger partial charge >= 0.3 is 5.97 Å². The summed E-state index contributed by atoms with van der Waals surface area (Å²) in [5.74, 6) is 0.450. The predicted molar refractivity (Wildman–Crippen MR) is 74.9 cm³/mol. The maximum atomic E-state index is 11.3. The van der Waals surface area contributed by atoms with Gasteiger partial charge in [0.25, 0.3) is 0 Å². The van der Waals surface area contributed by atoms with Crippen LogP contribution in [0.3, 0.4) is 0 Å². The molecule has 0 amide bonds. The number of imidazole rings is 1. The quantitative estimate of drug-likeness (QED) is 0.933. The molecule has 1 N–H and O–H groups in total. The Kier molecular flexibility index (Phi) is 2.58. The van der Waals surface area contributed by atoms with Crippen LogP contribution in [0.4, 0.5) is 0 Å². The highest BCUT2D eigenvalue weighted by molar-refractivity contribution is 5.80. The molecule has 1 aliphatic carbocycles. The van der Waals surface area contributed by atoms with E-state index in [1.54, 1.807) is 7.11 Å². The Bertz CT molecular complexity index is 702. The normalized spacial score (nSPS) is 23.8. The Hall–Kier alpha value is -2.04. The Morgan fingerprint density at radius 3 is 2.70 bits per heavy atom. The van der Waals surface area contributed by atoms with Crippen LogP contribution in [0.15, 0.2) is 18.2 Å². The van der Waals surface area contributed by atoms with E-state index in [2.05, 4.69) is 4.98 Å². The molecule has 2 aromatic rings. The van der Waals surface area contributed by atoms with Crippen LogP contribution in [0.2, 0.25) is 0 Å². The Labute approximate surface area is 117 Å². The maximum absolute atomic E-state index is 11.3. The number of carboxylic acids is 1. The van der Waals surface area contributed by atoms with Crippen molar-refractivity contribution in [2.24, 2.45) is 18.4 Å². The minimum absolute atomic E-state index is 0.0385. The topological polar surface area (TPSA) is 64.3 Å². The van der Waals surface area contributed by atoms with Crippen LogP contribution in [-0.4, -0.2) is 27.7 Å². The monoisotopic (exact) mass is 274 g/mol. The van der Waals surface area contributed by atoms with Crippen LogP contribution in [-0.2, 0) is 11.8 Å². The van der Waals surface area contributed by atoms with Crippen LogP contribution in [0.5, 0.6) is 5.75 Å². The van der Waals surface area contributed by atoms with Gasteiger partial charge in [0, 0.05) is 19.0 Å². The van der Waals surface area contributed by atoms with Gasteiger partial charge in [0.05, 0.1) is 24.1 Å². The molecule has 2 atom stereocenters. The van der Waals surface area contributed by atoms with Crippen molar-refractivity contribution in [3.63, 3.8) is 0 Å². The molecular weight excluding hydrogens is 256 g/mol. The third-order valence-electron chi connectivity index (χ3n) is 4.49. The SMILES string of the molecule is COc1ccc2c(c1)nc(C1C(C(=O)O)C1(C)C)n2C. The number of benzene rings is 1. The molecule has 5 heteroatoms. The zero-order valence-electron chi connectivity index (χ0n) is 12.0. The number of hydrogen-bond donors (Lipinski definition) is 1. The summed E-state index contributed by atoms with van der Waals surface area (Å²) in [6.07, 6.45) is 0. The second-order valence-corrected chi connectivity index (χ2v) is 6.00. The van der Waals surface area contributed by atoms with Gasteiger partial charge in [0.15, 0.2) is 0 Å². The number of methoxy groups -OCH3 is 1. The number of aromatic nitrogens is 2. The van der Waals surface area contributed by atoms with Crippen molar-refractivity contribution in [1.29, 1.82) is 0 Å². The van der Waals surface area contributed by atoms with Crippen molar-refractivity contribution in [3.05, 3.63) is 24.0 Å². The van der Waals surface area contributed by atoms with Crippen molar-refractivity contribution in [3.8, 4) is 5.75 Å². The highest BCUT2D eigenvalue weighted by atomic mass is 16.5. The van der Waals surface area contributed by atoms with Crippen LogP contribution in [0.1, 0.15) is 25.6 Å². The molecule has 1 heterocycles. The van der Waals surface area contributed by atoms with Crippen LogP contribution in [0, 0.1) is 11.3 Å². The third-order valence-corrected chi connectivity index (χ3v) is 4.49. The zero-order chi connectivity index (χ0) is 14.7. The molecule has 1 aliphatic rings. The van der Waals surface area contributed by atoms with E-state index in [9.17, 15) is 9.90 Å². The van der Waals surface area contributed by atoms with E-state index in [-0.39, 0.29) is 17.3 Å². The lowest BCUT2D eigenvalue weighted by molar-refractivity contribution is -0.139. The molecule has 0 bridgehead atoms. The summed E-state index contributed by atoms with van der Waals surface area (Å²) in [5.41, 5.74) is 1.59. The van der Waals surface area contributed by atoms with Crippen molar-refractivity contribution >= 4 is 17.0 Å². The van der Waals surface area contributed by atoms with Gasteiger partial charge in [0.1, 0.15) is 11.6 Å². The van der Waals surface area contributed by atoms with Gasteiger partial charge in [-0.05, 0) is 17.5 Å².